The van der Waals surface area contributed by atoms with E-state index in [-0.39, 0.29) is 29.9 Å². The highest BCUT2D eigenvalue weighted by atomic mass is 35.5. The molecule has 2 aromatic heterocycles. The van der Waals surface area contributed by atoms with Crippen molar-refractivity contribution in [3.63, 3.8) is 0 Å². The molecule has 11 nitrogen and oxygen atoms in total. The Labute approximate surface area is 192 Å². The first-order valence-corrected chi connectivity index (χ1v) is 12.3. The summed E-state index contributed by atoms with van der Waals surface area (Å²) >= 11 is 6.30. The normalized spacial score (nSPS) is 25.7. The van der Waals surface area contributed by atoms with Crippen molar-refractivity contribution in [1.29, 1.82) is 0 Å². The van der Waals surface area contributed by atoms with E-state index in [9.17, 15) is 8.42 Å². The molecule has 2 aliphatic rings. The molecule has 2 fully saturated rings. The quantitative estimate of drug-likeness (QED) is 0.533. The summed E-state index contributed by atoms with van der Waals surface area (Å²) < 4.78 is 41.2. The number of rotatable bonds is 7. The van der Waals surface area contributed by atoms with Gasteiger partial charge in [0.2, 0.25) is 16.0 Å². The summed E-state index contributed by atoms with van der Waals surface area (Å²) in [6.07, 6.45) is 4.23. The van der Waals surface area contributed by atoms with Gasteiger partial charge in [-0.2, -0.15) is 10.1 Å². The Morgan fingerprint density at radius 3 is 2.53 bits per heavy atom. The lowest BCUT2D eigenvalue weighted by Crippen LogP contribution is -2.46. The molecule has 0 radical (unpaired) electrons. The topological polar surface area (TPSA) is 132 Å². The molecule has 0 bridgehead atoms. The van der Waals surface area contributed by atoms with Crippen LogP contribution in [-0.4, -0.2) is 71.4 Å². The molecule has 0 amide bonds. The summed E-state index contributed by atoms with van der Waals surface area (Å²) in [4.78, 5) is 8.64. The molecule has 2 unspecified atom stereocenters. The van der Waals surface area contributed by atoms with Gasteiger partial charge in [0, 0.05) is 13.2 Å². The predicted octanol–water partition coefficient (Wildman–Crippen LogP) is 1.52. The number of ether oxygens (including phenoxy) is 2. The van der Waals surface area contributed by atoms with Crippen LogP contribution in [0.2, 0.25) is 5.02 Å². The molecule has 0 aliphatic carbocycles. The van der Waals surface area contributed by atoms with Crippen molar-refractivity contribution in [2.75, 3.05) is 29.6 Å². The molecule has 32 heavy (non-hydrogen) atoms. The lowest BCUT2D eigenvalue weighted by atomic mass is 10.0. The van der Waals surface area contributed by atoms with Gasteiger partial charge in [-0.3, -0.25) is 4.68 Å². The van der Waals surface area contributed by atoms with Crippen LogP contribution in [0.4, 0.5) is 17.5 Å². The van der Waals surface area contributed by atoms with E-state index in [1.54, 1.807) is 17.1 Å². The minimum absolute atomic E-state index is 0.0266. The van der Waals surface area contributed by atoms with Crippen LogP contribution in [0, 0.1) is 5.41 Å². The molecular formula is C19H28ClN7O4S. The fraction of sp³-hybridized carbons (Fsp3) is 0.632. The van der Waals surface area contributed by atoms with Crippen molar-refractivity contribution >= 4 is 39.1 Å². The van der Waals surface area contributed by atoms with Crippen molar-refractivity contribution in [3.05, 3.63) is 23.6 Å². The molecule has 2 aliphatic heterocycles. The van der Waals surface area contributed by atoms with Gasteiger partial charge in [-0.15, -0.1) is 0 Å². The number of nitrogens with zero attached hydrogens (tertiary/aromatic N) is 4. The molecule has 13 heteroatoms. The number of nitrogens with one attached hydrogen (secondary N) is 3. The monoisotopic (exact) mass is 485 g/mol. The smallest absolute Gasteiger partial charge is 0.229 e. The highest BCUT2D eigenvalue weighted by Gasteiger charge is 2.49. The van der Waals surface area contributed by atoms with E-state index in [2.05, 4.69) is 30.4 Å². The van der Waals surface area contributed by atoms with Gasteiger partial charge < -0.3 is 20.1 Å². The zero-order valence-corrected chi connectivity index (χ0v) is 19.9. The van der Waals surface area contributed by atoms with Crippen molar-refractivity contribution in [1.82, 2.24) is 24.5 Å². The maximum Gasteiger partial charge on any atom is 0.229 e. The summed E-state index contributed by atoms with van der Waals surface area (Å²) in [6.45, 7) is 6.22. The van der Waals surface area contributed by atoms with Gasteiger partial charge in [0.1, 0.15) is 17.2 Å². The van der Waals surface area contributed by atoms with Gasteiger partial charge >= 0.3 is 0 Å². The number of aromatic nitrogens is 4. The first kappa shape index (κ1) is 23.2. The van der Waals surface area contributed by atoms with Crippen molar-refractivity contribution in [3.8, 4) is 0 Å². The number of aryl methyl sites for hydroxylation is 1. The zero-order valence-electron chi connectivity index (χ0n) is 18.4. The Morgan fingerprint density at radius 1 is 1.19 bits per heavy atom. The van der Waals surface area contributed by atoms with E-state index in [1.165, 1.54) is 6.20 Å². The SMILES string of the molecule is Cn1cc(Nc2ncc(Cl)c(N[C@H]3COC4C3OC[C@H]4NS(=O)(=O)CC(C)(C)C)n2)cn1. The van der Waals surface area contributed by atoms with Crippen LogP contribution < -0.4 is 15.4 Å². The second kappa shape index (κ2) is 8.75. The zero-order chi connectivity index (χ0) is 23.1. The lowest BCUT2D eigenvalue weighted by Gasteiger charge is -2.22. The van der Waals surface area contributed by atoms with Crippen molar-refractivity contribution in [2.24, 2.45) is 12.5 Å². The maximum absolute atomic E-state index is 12.5. The van der Waals surface area contributed by atoms with Crippen LogP contribution in [0.3, 0.4) is 0 Å². The van der Waals surface area contributed by atoms with Crippen molar-refractivity contribution in [2.45, 2.75) is 45.1 Å². The standard InChI is InChI=1S/C19H28ClN7O4S/c1-19(2,3)10-32(28,29)26-14-9-31-15-13(8-30-16(14)15)24-17-12(20)6-21-18(25-17)23-11-5-22-27(4)7-11/h5-7,13-16,26H,8-10H2,1-4H3,(H2,21,23,24,25)/t13-,14+,15?,16?/m0/s1. The van der Waals surface area contributed by atoms with E-state index in [4.69, 9.17) is 21.1 Å². The van der Waals surface area contributed by atoms with Crippen LogP contribution >= 0.6 is 11.6 Å². The Hall–Kier alpha value is -1.99. The molecule has 2 aromatic rings. The van der Waals surface area contributed by atoms with Crippen LogP contribution in [-0.2, 0) is 26.5 Å². The number of fused-ring (bicyclic) bond motifs is 1. The first-order valence-electron chi connectivity index (χ1n) is 10.3. The lowest BCUT2D eigenvalue weighted by molar-refractivity contribution is 0.0690. The molecule has 0 aromatic carbocycles. The van der Waals surface area contributed by atoms with E-state index < -0.39 is 22.2 Å². The fourth-order valence-electron chi connectivity index (χ4n) is 3.89. The molecule has 4 rings (SSSR count). The van der Waals surface area contributed by atoms with E-state index in [0.29, 0.717) is 23.4 Å². The highest BCUT2D eigenvalue weighted by molar-refractivity contribution is 7.89. The first-order chi connectivity index (χ1) is 15.0. The molecule has 0 saturated carbocycles. The number of hydrogen-bond acceptors (Lipinski definition) is 9. The van der Waals surface area contributed by atoms with E-state index in [1.807, 2.05) is 27.8 Å². The third kappa shape index (κ3) is 5.49. The number of anilines is 3. The maximum atomic E-state index is 12.5. The van der Waals surface area contributed by atoms with Crippen LogP contribution in [0.5, 0.6) is 0 Å². The summed E-state index contributed by atoms with van der Waals surface area (Å²) in [7, 11) is -1.65. The van der Waals surface area contributed by atoms with Crippen LogP contribution in [0.15, 0.2) is 18.6 Å². The third-order valence-corrected chi connectivity index (χ3v) is 7.22. The summed E-state index contributed by atoms with van der Waals surface area (Å²) in [6, 6.07) is -0.682. The van der Waals surface area contributed by atoms with E-state index >= 15 is 0 Å². The molecular weight excluding hydrogens is 458 g/mol. The van der Waals surface area contributed by atoms with Crippen LogP contribution in [0.1, 0.15) is 20.8 Å². The largest absolute Gasteiger partial charge is 0.371 e. The highest BCUT2D eigenvalue weighted by Crippen LogP contribution is 2.31. The van der Waals surface area contributed by atoms with Gasteiger partial charge in [-0.25, -0.2) is 18.1 Å². The van der Waals surface area contributed by atoms with Gasteiger partial charge in [0.15, 0.2) is 5.82 Å². The Bertz CT molecular complexity index is 1070. The van der Waals surface area contributed by atoms with Gasteiger partial charge in [0.05, 0.1) is 49.1 Å². The number of sulfonamides is 1. The fourth-order valence-corrected chi connectivity index (χ4v) is 5.92. The minimum atomic E-state index is -3.47. The summed E-state index contributed by atoms with van der Waals surface area (Å²) in [5, 5.41) is 10.8. The summed E-state index contributed by atoms with van der Waals surface area (Å²) in [5.74, 6) is 0.821. The minimum Gasteiger partial charge on any atom is -0.371 e. The second-order valence-corrected chi connectivity index (χ2v) is 11.5. The van der Waals surface area contributed by atoms with E-state index in [0.717, 1.165) is 5.69 Å². The molecule has 3 N–H and O–H groups in total. The van der Waals surface area contributed by atoms with Gasteiger partial charge in [-0.05, 0) is 5.41 Å². The summed E-state index contributed by atoms with van der Waals surface area (Å²) in [5.41, 5.74) is 0.394. The number of hydrogen-bond donors (Lipinski definition) is 3. The average Bonchev–Trinajstić information content (AvgIpc) is 3.35. The molecule has 2 saturated heterocycles. The predicted molar refractivity (Wildman–Crippen MR) is 121 cm³/mol. The number of halogens is 1. The van der Waals surface area contributed by atoms with Gasteiger partial charge in [0.25, 0.3) is 0 Å². The Balaban J connectivity index is 1.41. The average molecular weight is 486 g/mol. The third-order valence-electron chi connectivity index (χ3n) is 5.03. The Kier molecular flexibility index (Phi) is 6.34. The second-order valence-electron chi connectivity index (χ2n) is 9.31. The molecule has 4 heterocycles. The van der Waals surface area contributed by atoms with Gasteiger partial charge in [-0.1, -0.05) is 32.4 Å². The molecule has 176 valence electrons. The molecule has 0 spiro atoms. The van der Waals surface area contributed by atoms with Crippen LogP contribution in [0.25, 0.3) is 0 Å². The van der Waals surface area contributed by atoms with Crippen molar-refractivity contribution < 1.29 is 17.9 Å². The molecule has 4 atom stereocenters. The Morgan fingerprint density at radius 2 is 1.88 bits per heavy atom.